The lowest BCUT2D eigenvalue weighted by atomic mass is 10.1. The fourth-order valence-electron chi connectivity index (χ4n) is 2.93. The van der Waals surface area contributed by atoms with E-state index in [2.05, 4.69) is 10.2 Å². The van der Waals surface area contributed by atoms with Crippen LogP contribution in [0.5, 0.6) is 5.75 Å². The molecule has 3 heterocycles. The maximum atomic E-state index is 15.0. The molecule has 0 atom stereocenters. The monoisotopic (exact) mass is 403 g/mol. The quantitative estimate of drug-likeness (QED) is 0.689. The molecule has 1 aromatic heterocycles. The van der Waals surface area contributed by atoms with Gasteiger partial charge in [-0.3, -0.25) is 9.89 Å². The maximum absolute atomic E-state index is 15.0. The number of nitrogens with one attached hydrogen (secondary N) is 2. The van der Waals surface area contributed by atoms with Crippen LogP contribution in [0.2, 0.25) is 0 Å². The minimum atomic E-state index is -4.33. The van der Waals surface area contributed by atoms with Gasteiger partial charge in [-0.1, -0.05) is 0 Å². The van der Waals surface area contributed by atoms with Gasteiger partial charge in [-0.2, -0.15) is 13.5 Å². The average Bonchev–Trinajstić information content (AvgIpc) is 3.09. The van der Waals surface area contributed by atoms with Gasteiger partial charge >= 0.3 is 10.2 Å². The Kier molecular flexibility index (Phi) is 3.57. The first kappa shape index (κ1) is 17.5. The van der Waals surface area contributed by atoms with Gasteiger partial charge in [0.1, 0.15) is 18.0 Å². The number of alkyl halides is 2. The second-order valence-corrected chi connectivity index (χ2v) is 7.78. The van der Waals surface area contributed by atoms with Gasteiger partial charge in [0.15, 0.2) is 11.6 Å². The van der Waals surface area contributed by atoms with E-state index in [1.165, 1.54) is 17.0 Å². The highest BCUT2D eigenvalue weighted by atomic mass is 32.2. The SMILES string of the molecule is O=C1CN(c2c(O)ccc(-c3cc(N4CC(F)(F)C4)n[nH]3)c2F)S(=O)(=O)N1. The van der Waals surface area contributed by atoms with Crippen LogP contribution in [0.15, 0.2) is 18.2 Å². The lowest BCUT2D eigenvalue weighted by Crippen LogP contribution is -2.56. The third kappa shape index (κ3) is 2.83. The lowest BCUT2D eigenvalue weighted by Gasteiger charge is -2.38. The Labute approximate surface area is 150 Å². The zero-order valence-corrected chi connectivity index (χ0v) is 14.2. The zero-order chi connectivity index (χ0) is 19.6. The van der Waals surface area contributed by atoms with Crippen LogP contribution in [-0.2, 0) is 15.0 Å². The van der Waals surface area contributed by atoms with Crippen molar-refractivity contribution in [2.75, 3.05) is 28.8 Å². The number of aromatic nitrogens is 2. The largest absolute Gasteiger partial charge is 0.506 e. The minimum Gasteiger partial charge on any atom is -0.506 e. The number of phenolic OH excluding ortho intramolecular Hbond substituents is 1. The smallest absolute Gasteiger partial charge is 0.326 e. The van der Waals surface area contributed by atoms with Gasteiger partial charge < -0.3 is 10.0 Å². The maximum Gasteiger partial charge on any atom is 0.326 e. The zero-order valence-electron chi connectivity index (χ0n) is 13.4. The number of rotatable bonds is 3. The number of nitrogens with zero attached hydrogens (tertiary/aromatic N) is 3. The van der Waals surface area contributed by atoms with Crippen molar-refractivity contribution >= 4 is 27.6 Å². The molecule has 0 spiro atoms. The number of amides is 1. The molecule has 3 N–H and O–H groups in total. The summed E-state index contributed by atoms with van der Waals surface area (Å²) in [5.41, 5.74) is -0.754. The molecule has 27 heavy (non-hydrogen) atoms. The second kappa shape index (κ2) is 5.52. The molecule has 13 heteroatoms. The van der Waals surface area contributed by atoms with E-state index < -0.39 is 58.9 Å². The number of phenols is 1. The standard InChI is InChI=1S/C14H12F3N5O4S/c15-12-7(8-3-10(19-18-8)21-5-14(16,17)6-21)1-2-9(23)13(12)22-4-11(24)20-27(22,25)26/h1-3,23H,4-6H2,(H,18,19)(H,20,24). The normalized spacial score (nSPS) is 20.5. The summed E-state index contributed by atoms with van der Waals surface area (Å²) in [5.74, 6) is -5.30. The van der Waals surface area contributed by atoms with Crippen molar-refractivity contribution in [2.45, 2.75) is 5.92 Å². The number of benzene rings is 1. The number of halogens is 3. The molecule has 1 amide bonds. The number of aromatic amines is 1. The van der Waals surface area contributed by atoms with Crippen LogP contribution < -0.4 is 13.9 Å². The Morgan fingerprint density at radius 1 is 1.26 bits per heavy atom. The number of carbonyl (C=O) groups is 1. The van der Waals surface area contributed by atoms with E-state index in [1.807, 2.05) is 0 Å². The first-order valence-corrected chi connectivity index (χ1v) is 9.05. The van der Waals surface area contributed by atoms with Gasteiger partial charge in [0.05, 0.1) is 18.8 Å². The number of aromatic hydroxyl groups is 1. The minimum absolute atomic E-state index is 0.0925. The van der Waals surface area contributed by atoms with Crippen LogP contribution >= 0.6 is 0 Å². The summed E-state index contributed by atoms with van der Waals surface area (Å²) < 4.78 is 66.9. The van der Waals surface area contributed by atoms with Crippen molar-refractivity contribution in [3.05, 3.63) is 24.0 Å². The Hall–Kier alpha value is -2.96. The number of H-pyrrole nitrogens is 1. The molecule has 2 aliphatic rings. The Bertz CT molecular complexity index is 1050. The molecule has 0 radical (unpaired) electrons. The van der Waals surface area contributed by atoms with Gasteiger partial charge in [0.25, 0.3) is 11.8 Å². The van der Waals surface area contributed by atoms with Crippen LogP contribution in [0, 0.1) is 5.82 Å². The summed E-state index contributed by atoms with van der Waals surface area (Å²) in [6.45, 7) is -1.71. The van der Waals surface area contributed by atoms with E-state index in [0.717, 1.165) is 6.07 Å². The fraction of sp³-hybridized carbons (Fsp3) is 0.286. The molecule has 2 aliphatic heterocycles. The lowest BCUT2D eigenvalue weighted by molar-refractivity contribution is -0.117. The predicted octanol–water partition coefficient (Wildman–Crippen LogP) is 0.558. The fourth-order valence-corrected chi connectivity index (χ4v) is 4.09. The molecular formula is C14H12F3N5O4S. The number of hydrogen-bond acceptors (Lipinski definition) is 6. The van der Waals surface area contributed by atoms with Gasteiger partial charge in [-0.25, -0.2) is 22.2 Å². The first-order chi connectivity index (χ1) is 12.6. The molecule has 0 aliphatic carbocycles. The summed E-state index contributed by atoms with van der Waals surface area (Å²) in [7, 11) is -4.33. The summed E-state index contributed by atoms with van der Waals surface area (Å²) in [4.78, 5) is 12.7. The van der Waals surface area contributed by atoms with E-state index in [-0.39, 0.29) is 17.1 Å². The van der Waals surface area contributed by atoms with E-state index in [0.29, 0.717) is 4.31 Å². The molecule has 2 fully saturated rings. The van der Waals surface area contributed by atoms with Crippen LogP contribution in [0.4, 0.5) is 24.7 Å². The van der Waals surface area contributed by atoms with Crippen molar-refractivity contribution in [2.24, 2.45) is 0 Å². The van der Waals surface area contributed by atoms with E-state index in [1.54, 1.807) is 4.72 Å². The van der Waals surface area contributed by atoms with Gasteiger partial charge in [0, 0.05) is 11.6 Å². The second-order valence-electron chi connectivity index (χ2n) is 6.18. The molecule has 0 unspecified atom stereocenters. The molecule has 2 aromatic rings. The van der Waals surface area contributed by atoms with Crippen molar-refractivity contribution in [1.82, 2.24) is 14.9 Å². The van der Waals surface area contributed by atoms with Crippen molar-refractivity contribution in [1.29, 1.82) is 0 Å². The van der Waals surface area contributed by atoms with Gasteiger partial charge in [-0.15, -0.1) is 0 Å². The first-order valence-electron chi connectivity index (χ1n) is 7.61. The topological polar surface area (TPSA) is 119 Å². The van der Waals surface area contributed by atoms with E-state index >= 15 is 0 Å². The highest BCUT2D eigenvalue weighted by molar-refractivity contribution is 7.92. The van der Waals surface area contributed by atoms with Gasteiger partial charge in [0.2, 0.25) is 0 Å². The summed E-state index contributed by atoms with van der Waals surface area (Å²) >= 11 is 0. The number of anilines is 2. The third-order valence-corrected chi connectivity index (χ3v) is 5.56. The Morgan fingerprint density at radius 2 is 1.96 bits per heavy atom. The van der Waals surface area contributed by atoms with Crippen molar-refractivity contribution < 1.29 is 31.5 Å². The molecule has 4 rings (SSSR count). The van der Waals surface area contributed by atoms with Gasteiger partial charge in [-0.05, 0) is 12.1 Å². The highest BCUT2D eigenvalue weighted by Crippen LogP contribution is 2.39. The highest BCUT2D eigenvalue weighted by Gasteiger charge is 2.45. The molecule has 2 saturated heterocycles. The third-order valence-electron chi connectivity index (χ3n) is 4.19. The van der Waals surface area contributed by atoms with Crippen LogP contribution in [0.3, 0.4) is 0 Å². The van der Waals surface area contributed by atoms with Crippen LogP contribution in [0.1, 0.15) is 0 Å². The Morgan fingerprint density at radius 3 is 2.56 bits per heavy atom. The number of hydrogen-bond donors (Lipinski definition) is 3. The predicted molar refractivity (Wildman–Crippen MR) is 87.2 cm³/mol. The summed E-state index contributed by atoms with van der Waals surface area (Å²) in [6.07, 6.45) is 0. The molecule has 9 nitrogen and oxygen atoms in total. The molecular weight excluding hydrogens is 391 g/mol. The van der Waals surface area contributed by atoms with Crippen molar-refractivity contribution in [3.8, 4) is 17.0 Å². The van der Waals surface area contributed by atoms with Crippen LogP contribution in [0.25, 0.3) is 11.3 Å². The molecule has 0 saturated carbocycles. The number of carbonyl (C=O) groups excluding carboxylic acids is 1. The van der Waals surface area contributed by atoms with E-state index in [9.17, 15) is 31.5 Å². The van der Waals surface area contributed by atoms with Crippen LogP contribution in [-0.4, -0.2) is 55.2 Å². The Balaban J connectivity index is 1.72. The molecule has 1 aromatic carbocycles. The van der Waals surface area contributed by atoms with E-state index in [4.69, 9.17) is 0 Å². The molecule has 144 valence electrons. The summed E-state index contributed by atoms with van der Waals surface area (Å²) in [6, 6.07) is 3.56. The average molecular weight is 403 g/mol. The molecule has 0 bridgehead atoms. The van der Waals surface area contributed by atoms with Crippen molar-refractivity contribution in [3.63, 3.8) is 0 Å². The summed E-state index contributed by atoms with van der Waals surface area (Å²) in [5, 5.41) is 16.3.